The molecular formula is C17H13NO4. The molecule has 1 aliphatic rings. The highest BCUT2D eigenvalue weighted by molar-refractivity contribution is 6.21. The summed E-state index contributed by atoms with van der Waals surface area (Å²) in [6.45, 7) is -0.175. The second-order valence-electron chi connectivity index (χ2n) is 5.07. The molecule has 0 radical (unpaired) electrons. The zero-order valence-corrected chi connectivity index (χ0v) is 11.6. The van der Waals surface area contributed by atoms with Gasteiger partial charge in [0.1, 0.15) is 0 Å². The Hall–Kier alpha value is -2.95. The van der Waals surface area contributed by atoms with Gasteiger partial charge in [-0.2, -0.15) is 0 Å². The lowest BCUT2D eigenvalue weighted by Crippen LogP contribution is -2.36. The molecule has 5 nitrogen and oxygen atoms in total. The van der Waals surface area contributed by atoms with E-state index in [0.717, 1.165) is 4.90 Å². The van der Waals surface area contributed by atoms with E-state index < -0.39 is 23.7 Å². The number of benzene rings is 2. The quantitative estimate of drug-likeness (QED) is 0.877. The minimum Gasteiger partial charge on any atom is -0.481 e. The molecule has 0 spiro atoms. The summed E-state index contributed by atoms with van der Waals surface area (Å²) in [7, 11) is 0. The third-order valence-electron chi connectivity index (χ3n) is 3.74. The Morgan fingerprint density at radius 2 is 1.41 bits per heavy atom. The number of carbonyl (C=O) groups is 3. The minimum atomic E-state index is -1.07. The number of carbonyl (C=O) groups excluding carboxylic acids is 2. The molecule has 0 saturated carbocycles. The molecule has 22 heavy (non-hydrogen) atoms. The largest absolute Gasteiger partial charge is 0.481 e. The first-order chi connectivity index (χ1) is 10.6. The number of hydrogen-bond donors (Lipinski definition) is 1. The lowest BCUT2D eigenvalue weighted by atomic mass is 9.99. The topological polar surface area (TPSA) is 74.7 Å². The Kier molecular flexibility index (Phi) is 3.47. The van der Waals surface area contributed by atoms with Crippen molar-refractivity contribution in [2.75, 3.05) is 6.54 Å². The molecule has 5 heteroatoms. The average Bonchev–Trinajstić information content (AvgIpc) is 2.78. The zero-order valence-electron chi connectivity index (χ0n) is 11.6. The van der Waals surface area contributed by atoms with Crippen molar-refractivity contribution in [2.24, 2.45) is 0 Å². The number of hydrogen-bond acceptors (Lipinski definition) is 3. The molecule has 1 atom stereocenters. The Bertz CT molecular complexity index is 719. The van der Waals surface area contributed by atoms with Crippen LogP contribution in [0.5, 0.6) is 0 Å². The number of rotatable bonds is 4. The minimum absolute atomic E-state index is 0.175. The fraction of sp³-hybridized carbons (Fsp3) is 0.118. The van der Waals surface area contributed by atoms with Crippen LogP contribution in [-0.4, -0.2) is 34.3 Å². The molecule has 1 N–H and O–H groups in total. The normalized spacial score (nSPS) is 14.8. The smallest absolute Gasteiger partial charge is 0.312 e. The van der Waals surface area contributed by atoms with Crippen LogP contribution in [0.4, 0.5) is 0 Å². The standard InChI is InChI=1S/C17H13NO4/c19-15-12-8-4-5-9-13(12)16(20)18(15)10-14(17(21)22)11-6-2-1-3-7-11/h1-9,14H,10H2,(H,21,22)/t14-/m0/s1. The van der Waals surface area contributed by atoms with E-state index in [-0.39, 0.29) is 6.54 Å². The van der Waals surface area contributed by atoms with Crippen molar-refractivity contribution in [3.63, 3.8) is 0 Å². The number of carboxylic acid groups (broad SMARTS) is 1. The monoisotopic (exact) mass is 295 g/mol. The van der Waals surface area contributed by atoms with E-state index >= 15 is 0 Å². The molecule has 2 aromatic rings. The zero-order chi connectivity index (χ0) is 15.7. The fourth-order valence-corrected chi connectivity index (χ4v) is 2.60. The molecule has 0 saturated heterocycles. The van der Waals surface area contributed by atoms with E-state index in [1.807, 2.05) is 0 Å². The number of imide groups is 1. The van der Waals surface area contributed by atoms with Gasteiger partial charge in [-0.05, 0) is 17.7 Å². The number of nitrogens with zero attached hydrogens (tertiary/aromatic N) is 1. The maximum Gasteiger partial charge on any atom is 0.312 e. The third kappa shape index (κ3) is 2.26. The number of fused-ring (bicyclic) bond motifs is 1. The molecule has 0 unspecified atom stereocenters. The maximum atomic E-state index is 12.3. The molecule has 110 valence electrons. The molecule has 2 amide bonds. The van der Waals surface area contributed by atoms with E-state index in [9.17, 15) is 19.5 Å². The molecule has 1 heterocycles. The van der Waals surface area contributed by atoms with Crippen LogP contribution in [0, 0.1) is 0 Å². The van der Waals surface area contributed by atoms with E-state index in [1.54, 1.807) is 54.6 Å². The van der Waals surface area contributed by atoms with Gasteiger partial charge in [-0.25, -0.2) is 0 Å². The third-order valence-corrected chi connectivity index (χ3v) is 3.74. The molecular weight excluding hydrogens is 282 g/mol. The van der Waals surface area contributed by atoms with Crippen LogP contribution in [0.3, 0.4) is 0 Å². The van der Waals surface area contributed by atoms with Crippen LogP contribution in [-0.2, 0) is 4.79 Å². The van der Waals surface area contributed by atoms with Gasteiger partial charge in [0.25, 0.3) is 11.8 Å². The summed E-state index contributed by atoms with van der Waals surface area (Å²) in [5.74, 6) is -2.89. The Morgan fingerprint density at radius 3 is 1.91 bits per heavy atom. The second kappa shape index (κ2) is 5.44. The Balaban J connectivity index is 1.91. The highest BCUT2D eigenvalue weighted by Gasteiger charge is 2.38. The van der Waals surface area contributed by atoms with Gasteiger partial charge in [0.15, 0.2) is 0 Å². The summed E-state index contributed by atoms with van der Waals surface area (Å²) in [6.07, 6.45) is 0. The second-order valence-corrected chi connectivity index (χ2v) is 5.07. The molecule has 0 aliphatic carbocycles. The van der Waals surface area contributed by atoms with Gasteiger partial charge in [-0.1, -0.05) is 42.5 Å². The van der Waals surface area contributed by atoms with Crippen LogP contribution < -0.4 is 0 Å². The number of carboxylic acids is 1. The molecule has 2 aromatic carbocycles. The maximum absolute atomic E-state index is 12.3. The first kappa shape index (κ1) is 14.0. The van der Waals surface area contributed by atoms with E-state index in [2.05, 4.69) is 0 Å². The summed E-state index contributed by atoms with van der Waals surface area (Å²) >= 11 is 0. The van der Waals surface area contributed by atoms with Gasteiger partial charge < -0.3 is 5.11 Å². The van der Waals surface area contributed by atoms with E-state index in [4.69, 9.17) is 0 Å². The van der Waals surface area contributed by atoms with Gasteiger partial charge in [-0.3, -0.25) is 19.3 Å². The van der Waals surface area contributed by atoms with Crippen molar-refractivity contribution in [3.05, 3.63) is 71.3 Å². The van der Waals surface area contributed by atoms with Crippen molar-refractivity contribution in [3.8, 4) is 0 Å². The SMILES string of the molecule is O=C(O)[C@@H](CN1C(=O)c2ccccc2C1=O)c1ccccc1. The summed E-state index contributed by atoms with van der Waals surface area (Å²) in [4.78, 5) is 37.2. The van der Waals surface area contributed by atoms with Gasteiger partial charge in [0.05, 0.1) is 17.0 Å². The molecule has 0 fully saturated rings. The molecule has 0 aromatic heterocycles. The molecule has 1 aliphatic heterocycles. The molecule has 3 rings (SSSR count). The van der Waals surface area contributed by atoms with Crippen molar-refractivity contribution in [1.29, 1.82) is 0 Å². The van der Waals surface area contributed by atoms with Crippen molar-refractivity contribution < 1.29 is 19.5 Å². The van der Waals surface area contributed by atoms with Crippen LogP contribution >= 0.6 is 0 Å². The fourth-order valence-electron chi connectivity index (χ4n) is 2.60. The van der Waals surface area contributed by atoms with Crippen molar-refractivity contribution >= 4 is 17.8 Å². The highest BCUT2D eigenvalue weighted by atomic mass is 16.4. The van der Waals surface area contributed by atoms with E-state index in [1.165, 1.54) is 0 Å². The van der Waals surface area contributed by atoms with E-state index in [0.29, 0.717) is 16.7 Å². The summed E-state index contributed by atoms with van der Waals surface area (Å²) in [6, 6.07) is 15.1. The first-order valence-electron chi connectivity index (χ1n) is 6.82. The van der Waals surface area contributed by atoms with Crippen LogP contribution in [0.1, 0.15) is 32.2 Å². The van der Waals surface area contributed by atoms with Gasteiger partial charge in [0, 0.05) is 6.54 Å². The Labute approximate surface area is 126 Å². The first-order valence-corrected chi connectivity index (χ1v) is 6.82. The predicted molar refractivity (Wildman–Crippen MR) is 78.6 cm³/mol. The number of aliphatic carboxylic acids is 1. The average molecular weight is 295 g/mol. The Morgan fingerprint density at radius 1 is 0.909 bits per heavy atom. The summed E-state index contributed by atoms with van der Waals surface area (Å²) in [5, 5.41) is 9.43. The van der Waals surface area contributed by atoms with Crippen LogP contribution in [0.2, 0.25) is 0 Å². The van der Waals surface area contributed by atoms with Gasteiger partial charge in [0.2, 0.25) is 0 Å². The van der Waals surface area contributed by atoms with Gasteiger partial charge in [-0.15, -0.1) is 0 Å². The predicted octanol–water partition coefficient (Wildman–Crippen LogP) is 2.15. The summed E-state index contributed by atoms with van der Waals surface area (Å²) in [5.41, 5.74) is 1.21. The number of amides is 2. The summed E-state index contributed by atoms with van der Waals surface area (Å²) < 4.78 is 0. The van der Waals surface area contributed by atoms with Crippen molar-refractivity contribution in [2.45, 2.75) is 5.92 Å². The van der Waals surface area contributed by atoms with Gasteiger partial charge >= 0.3 is 5.97 Å². The highest BCUT2D eigenvalue weighted by Crippen LogP contribution is 2.26. The van der Waals surface area contributed by atoms with Crippen molar-refractivity contribution in [1.82, 2.24) is 4.90 Å². The lowest BCUT2D eigenvalue weighted by molar-refractivity contribution is -0.138. The lowest BCUT2D eigenvalue weighted by Gasteiger charge is -2.19. The van der Waals surface area contributed by atoms with Crippen LogP contribution in [0.25, 0.3) is 0 Å². The van der Waals surface area contributed by atoms with Crippen LogP contribution in [0.15, 0.2) is 54.6 Å². The molecule has 0 bridgehead atoms.